The van der Waals surface area contributed by atoms with Crippen molar-refractivity contribution in [3.05, 3.63) is 39.9 Å². The molecule has 1 aromatic rings. The zero-order valence-electron chi connectivity index (χ0n) is 27.8. The van der Waals surface area contributed by atoms with E-state index < -0.39 is 35.1 Å². The minimum absolute atomic E-state index is 0.0216. The summed E-state index contributed by atoms with van der Waals surface area (Å²) >= 11 is 0. The number of carbonyl (C=O) groups is 2. The lowest BCUT2D eigenvalue weighted by molar-refractivity contribution is -0.525. The van der Waals surface area contributed by atoms with E-state index in [2.05, 4.69) is 50.2 Å². The molecule has 1 aromatic carbocycles. The van der Waals surface area contributed by atoms with Gasteiger partial charge in [0.2, 0.25) is 11.8 Å². The van der Waals surface area contributed by atoms with Crippen molar-refractivity contribution in [1.82, 2.24) is 16.1 Å². The van der Waals surface area contributed by atoms with Gasteiger partial charge in [-0.15, -0.1) is 0 Å². The number of hydrazine groups is 1. The standard InChI is InChI=1S/C32H49BN6O7/c1-19(2)16-26(33-45-25-18-21-17-24(30(21,3)4)31(25,5)46-33)37-27(40)23(8-7-15-35-29(34)38-39(42)43)36-28(41)32(13-14-32)20-9-11-22(44-6)12-10-20/h9-12,19,21,23-26H,7-8,13-18H2,1-6H3,(H,36,41)(H,37,40)(H3,34,35,38)/t21-,23+,24-,25-,26+,31+/m1/s1. The van der Waals surface area contributed by atoms with E-state index in [1.54, 1.807) is 7.11 Å². The molecule has 5 fully saturated rings. The van der Waals surface area contributed by atoms with E-state index >= 15 is 0 Å². The Kier molecular flexibility index (Phi) is 9.61. The van der Waals surface area contributed by atoms with E-state index in [9.17, 15) is 19.7 Å². The van der Waals surface area contributed by atoms with Gasteiger partial charge in [-0.25, -0.2) is 15.1 Å². The van der Waals surface area contributed by atoms with Crippen LogP contribution in [0.15, 0.2) is 29.3 Å². The number of benzene rings is 1. The molecule has 4 aliphatic carbocycles. The van der Waals surface area contributed by atoms with Crippen LogP contribution in [0.1, 0.15) is 85.1 Å². The van der Waals surface area contributed by atoms with Crippen molar-refractivity contribution < 1.29 is 28.7 Å². The highest BCUT2D eigenvalue weighted by Crippen LogP contribution is 2.65. The second-order valence-electron chi connectivity index (χ2n) is 14.7. The number of methoxy groups -OCH3 is 1. The normalized spacial score (nSPS) is 28.4. The molecule has 1 saturated heterocycles. The van der Waals surface area contributed by atoms with Crippen molar-refractivity contribution in [3.8, 4) is 5.75 Å². The lowest BCUT2D eigenvalue weighted by Crippen LogP contribution is -2.65. The third-order valence-electron chi connectivity index (χ3n) is 10.9. The maximum Gasteiger partial charge on any atom is 0.481 e. The van der Waals surface area contributed by atoms with Gasteiger partial charge >= 0.3 is 7.12 Å². The number of aliphatic imine (C=N–C) groups is 1. The predicted molar refractivity (Wildman–Crippen MR) is 173 cm³/mol. The molecule has 46 heavy (non-hydrogen) atoms. The Morgan fingerprint density at radius 2 is 1.87 bits per heavy atom. The number of rotatable bonds is 14. The summed E-state index contributed by atoms with van der Waals surface area (Å²) in [6.45, 7) is 11.1. The molecule has 6 rings (SSSR count). The molecule has 5 aliphatic rings. The first-order valence-electron chi connectivity index (χ1n) is 16.5. The third kappa shape index (κ3) is 6.69. The van der Waals surface area contributed by atoms with Gasteiger partial charge in [-0.3, -0.25) is 9.59 Å². The molecule has 0 unspecified atom stereocenters. The van der Waals surface area contributed by atoms with Crippen LogP contribution in [0.4, 0.5) is 0 Å². The Bertz CT molecular complexity index is 1340. The van der Waals surface area contributed by atoms with E-state index in [1.807, 2.05) is 29.7 Å². The van der Waals surface area contributed by atoms with Crippen LogP contribution in [-0.2, 0) is 24.3 Å². The SMILES string of the molecule is COc1ccc(C2(C(=O)N[C@@H](CCCN=C(N)N[N+](=O)[O-])C(=O)N[C@@H](CC(C)C)B3O[C@@H]4C[C@H]5C[C@H](C5(C)C)[C@]4(C)O3)CC2)cc1. The zero-order chi connectivity index (χ0) is 33.4. The monoisotopic (exact) mass is 640 g/mol. The molecule has 0 spiro atoms. The van der Waals surface area contributed by atoms with Crippen LogP contribution in [-0.4, -0.2) is 67.3 Å². The minimum atomic E-state index is -0.871. The number of guanidine groups is 1. The van der Waals surface area contributed by atoms with Crippen LogP contribution < -0.4 is 26.5 Å². The largest absolute Gasteiger partial charge is 0.497 e. The van der Waals surface area contributed by atoms with Crippen LogP contribution in [0.2, 0.25) is 0 Å². The summed E-state index contributed by atoms with van der Waals surface area (Å²) in [5, 5.41) is 16.1. The highest BCUT2D eigenvalue weighted by atomic mass is 16.7. The summed E-state index contributed by atoms with van der Waals surface area (Å²) < 4.78 is 18.6. The quantitative estimate of drug-likeness (QED) is 0.0594. The third-order valence-corrected chi connectivity index (χ3v) is 10.9. The molecule has 2 bridgehead atoms. The fraction of sp³-hybridized carbons (Fsp3) is 0.719. The van der Waals surface area contributed by atoms with E-state index in [0.717, 1.165) is 18.4 Å². The summed E-state index contributed by atoms with van der Waals surface area (Å²) in [7, 11) is 0.994. The number of amides is 2. The van der Waals surface area contributed by atoms with Gasteiger partial charge in [0.25, 0.3) is 5.96 Å². The van der Waals surface area contributed by atoms with Crippen LogP contribution in [0.3, 0.4) is 0 Å². The molecule has 0 aromatic heterocycles. The van der Waals surface area contributed by atoms with Crippen LogP contribution in [0, 0.1) is 33.3 Å². The molecule has 1 aliphatic heterocycles. The average Bonchev–Trinajstić information content (AvgIpc) is 3.72. The van der Waals surface area contributed by atoms with E-state index in [1.165, 1.54) is 0 Å². The number of hydrogen-bond acceptors (Lipinski definition) is 8. The maximum absolute atomic E-state index is 14.0. The Morgan fingerprint density at radius 1 is 1.17 bits per heavy atom. The number of nitrogens with zero attached hydrogens (tertiary/aromatic N) is 2. The van der Waals surface area contributed by atoms with Crippen molar-refractivity contribution >= 4 is 24.9 Å². The number of ether oxygens (including phenoxy) is 1. The minimum Gasteiger partial charge on any atom is -0.497 e. The number of nitro groups is 1. The van der Waals surface area contributed by atoms with Gasteiger partial charge in [0.05, 0.1) is 30.2 Å². The van der Waals surface area contributed by atoms with E-state index in [-0.39, 0.29) is 48.2 Å². The number of nitrogens with one attached hydrogen (secondary N) is 3. The number of hydrogen-bond donors (Lipinski definition) is 4. The highest BCUT2D eigenvalue weighted by Gasteiger charge is 2.68. The second-order valence-corrected chi connectivity index (χ2v) is 14.7. The maximum atomic E-state index is 14.0. The average molecular weight is 641 g/mol. The van der Waals surface area contributed by atoms with E-state index in [4.69, 9.17) is 19.8 Å². The summed E-state index contributed by atoms with van der Waals surface area (Å²) in [4.78, 5) is 42.5. The van der Waals surface area contributed by atoms with Gasteiger partial charge in [-0.05, 0) is 92.7 Å². The van der Waals surface area contributed by atoms with Crippen molar-refractivity contribution in [2.24, 2.45) is 33.9 Å². The summed E-state index contributed by atoms with van der Waals surface area (Å²) in [5.41, 5.74) is 7.32. The summed E-state index contributed by atoms with van der Waals surface area (Å²) in [6, 6.07) is 6.56. The number of carbonyl (C=O) groups excluding carboxylic acids is 2. The van der Waals surface area contributed by atoms with Gasteiger partial charge in [0, 0.05) is 6.54 Å². The molecular formula is C32H49BN6O7. The Balaban J connectivity index is 1.31. The first-order chi connectivity index (χ1) is 21.7. The molecule has 2 amide bonds. The fourth-order valence-corrected chi connectivity index (χ4v) is 7.97. The van der Waals surface area contributed by atoms with Crippen LogP contribution in [0.5, 0.6) is 5.75 Å². The van der Waals surface area contributed by atoms with Gasteiger partial charge < -0.3 is 30.4 Å². The fourth-order valence-electron chi connectivity index (χ4n) is 7.97. The molecule has 4 saturated carbocycles. The van der Waals surface area contributed by atoms with Crippen molar-refractivity contribution in [1.29, 1.82) is 0 Å². The highest BCUT2D eigenvalue weighted by molar-refractivity contribution is 6.48. The van der Waals surface area contributed by atoms with E-state index in [0.29, 0.717) is 43.3 Å². The lowest BCUT2D eigenvalue weighted by atomic mass is 9.43. The molecule has 0 radical (unpaired) electrons. The molecular weight excluding hydrogens is 591 g/mol. The topological polar surface area (TPSA) is 179 Å². The van der Waals surface area contributed by atoms with Crippen molar-refractivity contribution in [3.63, 3.8) is 0 Å². The Labute approximate surface area is 271 Å². The molecule has 14 heteroatoms. The van der Waals surface area contributed by atoms with Crippen molar-refractivity contribution in [2.75, 3.05) is 13.7 Å². The molecule has 1 heterocycles. The van der Waals surface area contributed by atoms with Gasteiger partial charge in [0.15, 0.2) is 5.03 Å². The lowest BCUT2D eigenvalue weighted by Gasteiger charge is -2.64. The van der Waals surface area contributed by atoms with Gasteiger partial charge in [-0.2, -0.15) is 0 Å². The second kappa shape index (κ2) is 13.0. The van der Waals surface area contributed by atoms with Crippen LogP contribution in [0.25, 0.3) is 0 Å². The van der Waals surface area contributed by atoms with Crippen molar-refractivity contribution in [2.45, 2.75) is 109 Å². The Morgan fingerprint density at radius 3 is 2.46 bits per heavy atom. The molecule has 13 nitrogen and oxygen atoms in total. The van der Waals surface area contributed by atoms with Gasteiger partial charge in [0.1, 0.15) is 11.8 Å². The Hall–Kier alpha value is -3.39. The van der Waals surface area contributed by atoms with Gasteiger partial charge in [-0.1, -0.05) is 45.3 Å². The molecule has 5 N–H and O–H groups in total. The van der Waals surface area contributed by atoms with Crippen LogP contribution >= 0.6 is 0 Å². The summed E-state index contributed by atoms with van der Waals surface area (Å²) in [6.07, 6.45) is 4.65. The molecule has 252 valence electrons. The first kappa shape index (κ1) is 34.0. The first-order valence-corrected chi connectivity index (χ1v) is 16.5. The predicted octanol–water partition coefficient (Wildman–Crippen LogP) is 2.89. The summed E-state index contributed by atoms with van der Waals surface area (Å²) in [5.74, 6) is 0.661. The number of nitrogens with two attached hydrogens (primary N) is 1. The smallest absolute Gasteiger partial charge is 0.481 e. The zero-order valence-corrected chi connectivity index (χ0v) is 27.8. The molecule has 6 atom stereocenters.